The van der Waals surface area contributed by atoms with Crippen molar-refractivity contribution in [3.63, 3.8) is 0 Å². The number of ether oxygens (including phenoxy) is 1. The normalized spacial score (nSPS) is 22.5. The molecule has 1 unspecified atom stereocenters. The Labute approximate surface area is 214 Å². The third-order valence-electron chi connectivity index (χ3n) is 6.03. The predicted octanol–water partition coefficient (Wildman–Crippen LogP) is 4.25. The van der Waals surface area contributed by atoms with Gasteiger partial charge in [0, 0.05) is 40.4 Å². The van der Waals surface area contributed by atoms with Crippen molar-refractivity contribution in [1.82, 2.24) is 9.88 Å². The number of aromatic nitrogens is 1. The fraction of sp³-hybridized carbons (Fsp3) is 0.391. The van der Waals surface area contributed by atoms with Gasteiger partial charge in [0.1, 0.15) is 11.9 Å². The molecule has 3 aliphatic rings. The number of amidine groups is 1. The third-order valence-corrected chi connectivity index (χ3v) is 9.22. The van der Waals surface area contributed by atoms with Crippen LogP contribution in [0, 0.1) is 11.7 Å². The van der Waals surface area contributed by atoms with Gasteiger partial charge in [-0.2, -0.15) is 4.40 Å². The van der Waals surface area contributed by atoms with Gasteiger partial charge in [-0.15, -0.1) is 11.3 Å². The van der Waals surface area contributed by atoms with Crippen molar-refractivity contribution < 1.29 is 22.3 Å². The molecular weight excluding hydrogens is 559 g/mol. The summed E-state index contributed by atoms with van der Waals surface area (Å²) in [5, 5.41) is 2.11. The van der Waals surface area contributed by atoms with Crippen LogP contribution in [0.15, 0.2) is 54.9 Å². The fourth-order valence-electron chi connectivity index (χ4n) is 4.27. The lowest BCUT2D eigenvalue weighted by Crippen LogP contribution is -2.35. The van der Waals surface area contributed by atoms with E-state index in [0.717, 1.165) is 0 Å². The van der Waals surface area contributed by atoms with Crippen LogP contribution in [-0.4, -0.2) is 54.7 Å². The minimum atomic E-state index is -3.51. The number of carbonyl (C=O) groups excluding carboxylic acids is 1. The van der Waals surface area contributed by atoms with Crippen LogP contribution < -0.4 is 0 Å². The number of halogens is 2. The van der Waals surface area contributed by atoms with Gasteiger partial charge >= 0.3 is 5.97 Å². The van der Waals surface area contributed by atoms with Crippen LogP contribution in [0.1, 0.15) is 42.8 Å². The van der Waals surface area contributed by atoms with Crippen molar-refractivity contribution in [3.8, 4) is 0 Å². The number of thiazole rings is 1. The van der Waals surface area contributed by atoms with Gasteiger partial charge < -0.3 is 9.64 Å². The highest BCUT2D eigenvalue weighted by Gasteiger charge is 2.42. The van der Waals surface area contributed by atoms with Crippen molar-refractivity contribution in [3.05, 3.63) is 61.9 Å². The Hall–Kier alpha value is -2.44. The molecule has 1 saturated heterocycles. The van der Waals surface area contributed by atoms with Crippen molar-refractivity contribution in [2.75, 3.05) is 13.2 Å². The minimum Gasteiger partial charge on any atom is -0.463 e. The molecule has 1 aromatic carbocycles. The van der Waals surface area contributed by atoms with Crippen LogP contribution in [0.5, 0.6) is 0 Å². The van der Waals surface area contributed by atoms with Gasteiger partial charge in [-0.25, -0.2) is 22.6 Å². The van der Waals surface area contributed by atoms with Gasteiger partial charge in [0.2, 0.25) is 0 Å². The predicted molar refractivity (Wildman–Crippen MR) is 134 cm³/mol. The second-order valence-corrected chi connectivity index (χ2v) is 12.1. The first-order valence-corrected chi connectivity index (χ1v) is 14.4. The first kappa shape index (κ1) is 24.3. The zero-order valence-electron chi connectivity index (χ0n) is 18.7. The Morgan fingerprint density at radius 3 is 2.86 bits per heavy atom. The number of nitrogens with zero attached hydrogens (tertiary/aromatic N) is 4. The molecular formula is C23H22BrFN4O4S2. The third kappa shape index (κ3) is 4.83. The zero-order valence-corrected chi connectivity index (χ0v) is 21.9. The van der Waals surface area contributed by atoms with Gasteiger partial charge in [-0.05, 0) is 43.9 Å². The summed E-state index contributed by atoms with van der Waals surface area (Å²) in [5.41, 5.74) is 1.65. The molecule has 2 atom stereocenters. The Morgan fingerprint density at radius 2 is 2.20 bits per heavy atom. The Balaban J connectivity index is 1.61. The van der Waals surface area contributed by atoms with Crippen molar-refractivity contribution >= 4 is 55.3 Å². The molecule has 35 heavy (non-hydrogen) atoms. The molecule has 5 rings (SSSR count). The molecule has 2 aliphatic heterocycles. The summed E-state index contributed by atoms with van der Waals surface area (Å²) in [7, 11) is -3.51. The number of carbonyl (C=O) groups is 1. The van der Waals surface area contributed by atoms with Gasteiger partial charge in [-0.3, -0.25) is 4.99 Å². The molecule has 1 aromatic heterocycles. The second kappa shape index (κ2) is 9.55. The van der Waals surface area contributed by atoms with E-state index in [1.807, 2.05) is 10.3 Å². The molecule has 3 heterocycles. The van der Waals surface area contributed by atoms with Gasteiger partial charge in [0.25, 0.3) is 10.0 Å². The van der Waals surface area contributed by atoms with Crippen LogP contribution in [0.2, 0.25) is 0 Å². The van der Waals surface area contributed by atoms with E-state index in [2.05, 4.69) is 25.3 Å². The average molecular weight is 581 g/mol. The molecule has 0 N–H and O–H groups in total. The summed E-state index contributed by atoms with van der Waals surface area (Å²) in [5.74, 6) is -0.603. The molecule has 8 nitrogen and oxygen atoms in total. The number of sulfonamides is 1. The van der Waals surface area contributed by atoms with Crippen molar-refractivity contribution in [2.24, 2.45) is 15.3 Å². The lowest BCUT2D eigenvalue weighted by Gasteiger charge is -2.31. The summed E-state index contributed by atoms with van der Waals surface area (Å²) in [6.07, 6.45) is 4.82. The minimum absolute atomic E-state index is 0.181. The maximum absolute atomic E-state index is 13.8. The monoisotopic (exact) mass is 580 g/mol. The second-order valence-electron chi connectivity index (χ2n) is 8.48. The Bertz CT molecular complexity index is 1350. The number of benzene rings is 1. The zero-order chi connectivity index (χ0) is 24.7. The largest absolute Gasteiger partial charge is 0.463 e. The number of aliphatic imine (C=N–C) groups is 1. The number of esters is 1. The van der Waals surface area contributed by atoms with E-state index < -0.39 is 27.9 Å². The first-order valence-electron chi connectivity index (χ1n) is 11.2. The van der Waals surface area contributed by atoms with Crippen LogP contribution in [0.25, 0.3) is 0 Å². The molecule has 12 heteroatoms. The number of fused-ring (bicyclic) bond motifs is 1. The van der Waals surface area contributed by atoms with Crippen LogP contribution in [0.3, 0.4) is 0 Å². The number of hydrogen-bond acceptors (Lipinski definition) is 8. The van der Waals surface area contributed by atoms with Gasteiger partial charge in [0.15, 0.2) is 10.8 Å². The average Bonchev–Trinajstić information content (AvgIpc) is 3.38. The van der Waals surface area contributed by atoms with Crippen molar-refractivity contribution in [2.45, 2.75) is 37.5 Å². The summed E-state index contributed by atoms with van der Waals surface area (Å²) in [4.78, 5) is 24.4. The SMILES string of the molecule is CCOC(=O)C1=C2CC(/C=N/S(=O)(=O)C3CC3)CN2C(c2nccs2)=N[C@H]1c1ccc(F)cc1Br. The molecule has 0 amide bonds. The smallest absolute Gasteiger partial charge is 0.338 e. The Morgan fingerprint density at radius 1 is 1.40 bits per heavy atom. The van der Waals surface area contributed by atoms with E-state index >= 15 is 0 Å². The fourth-order valence-corrected chi connectivity index (χ4v) is 6.72. The maximum atomic E-state index is 13.8. The van der Waals surface area contributed by atoms with Gasteiger partial charge in [0.05, 0.1) is 17.4 Å². The van der Waals surface area contributed by atoms with Crippen LogP contribution in [-0.2, 0) is 19.6 Å². The van der Waals surface area contributed by atoms with Crippen molar-refractivity contribution in [1.29, 1.82) is 0 Å². The molecule has 0 spiro atoms. The first-order chi connectivity index (χ1) is 16.8. The Kier molecular flexibility index (Phi) is 6.62. The van der Waals surface area contributed by atoms with E-state index in [-0.39, 0.29) is 17.8 Å². The highest BCUT2D eigenvalue weighted by Crippen LogP contribution is 2.43. The number of rotatable bonds is 7. The number of hydrogen-bond donors (Lipinski definition) is 0. The molecule has 0 bridgehead atoms. The van der Waals surface area contributed by atoms with E-state index in [9.17, 15) is 17.6 Å². The van der Waals surface area contributed by atoms with E-state index in [4.69, 9.17) is 9.73 Å². The molecule has 1 aliphatic carbocycles. The standard InChI is InChI=1S/C23H22BrFN4O4S2/c1-2-33-23(30)19-18-9-13(11-27-35(31,32)15-4-5-15)12-29(18)21(22-26-7-8-34-22)28-20(19)16-6-3-14(25)10-17(16)24/h3,6-8,10-11,13,15,20H,2,4-5,9,12H2,1H3/b27-11+/t13?,20-/m0/s1. The summed E-state index contributed by atoms with van der Waals surface area (Å²) >= 11 is 4.83. The molecule has 0 radical (unpaired) electrons. The summed E-state index contributed by atoms with van der Waals surface area (Å²) in [6, 6.07) is 3.50. The lowest BCUT2D eigenvalue weighted by atomic mass is 9.94. The van der Waals surface area contributed by atoms with Crippen LogP contribution in [0.4, 0.5) is 4.39 Å². The maximum Gasteiger partial charge on any atom is 0.338 e. The summed E-state index contributed by atoms with van der Waals surface area (Å²) in [6.45, 7) is 2.31. The lowest BCUT2D eigenvalue weighted by molar-refractivity contribution is -0.139. The highest BCUT2D eigenvalue weighted by molar-refractivity contribution is 9.10. The van der Waals surface area contributed by atoms with Crippen LogP contribution >= 0.6 is 27.3 Å². The van der Waals surface area contributed by atoms with E-state index in [1.54, 1.807) is 19.2 Å². The summed E-state index contributed by atoms with van der Waals surface area (Å²) < 4.78 is 48.3. The van der Waals surface area contributed by atoms with Gasteiger partial charge in [-0.1, -0.05) is 22.0 Å². The quantitative estimate of drug-likeness (QED) is 0.358. The topological polar surface area (TPSA) is 101 Å². The van der Waals surface area contributed by atoms with E-state index in [1.165, 1.54) is 29.7 Å². The highest BCUT2D eigenvalue weighted by atomic mass is 79.9. The molecule has 2 fully saturated rings. The number of allylic oxidation sites excluding steroid dienone is 1. The molecule has 2 aromatic rings. The molecule has 1 saturated carbocycles. The van der Waals surface area contributed by atoms with E-state index in [0.29, 0.717) is 58.0 Å². The molecule has 184 valence electrons.